The van der Waals surface area contributed by atoms with Gasteiger partial charge in [0.15, 0.2) is 0 Å². The number of rotatable bonds is 7. The third-order valence-corrected chi connectivity index (χ3v) is 9.36. The van der Waals surface area contributed by atoms with Crippen LogP contribution in [0.2, 0.25) is 0 Å². The molecule has 2 atom stereocenters. The standard InChI is InChI=1S/C39H37N5O3/c1-23(2)34-24(3)43(32-21-13-11-19-30(32)34)22-33(45)41-42-38(46)25(4)44-37(27-16-8-9-17-28(27)39(44)47)35-29-18-10-12-20-31(29)40-36(35)26-14-6-5-7-15-26/h5-21,23,25,37,40H,22H2,1-4H3,(H,41,45)(H,42,46). The number of carbonyl (C=O) groups is 3. The van der Waals surface area contributed by atoms with Crippen LogP contribution >= 0.6 is 0 Å². The minimum Gasteiger partial charge on any atom is -0.354 e. The van der Waals surface area contributed by atoms with Gasteiger partial charge in [-0.3, -0.25) is 25.2 Å². The zero-order valence-electron chi connectivity index (χ0n) is 26.9. The van der Waals surface area contributed by atoms with Gasteiger partial charge in [0.25, 0.3) is 17.7 Å². The number of aromatic amines is 1. The molecule has 0 radical (unpaired) electrons. The molecule has 1 aliphatic rings. The first-order valence-corrected chi connectivity index (χ1v) is 16.0. The van der Waals surface area contributed by atoms with E-state index in [1.807, 2.05) is 109 Å². The second kappa shape index (κ2) is 11.9. The number of benzene rings is 4. The van der Waals surface area contributed by atoms with Crippen molar-refractivity contribution >= 4 is 39.5 Å². The molecule has 0 saturated heterocycles. The fourth-order valence-electron chi connectivity index (χ4n) is 7.25. The molecule has 0 aliphatic carbocycles. The Morgan fingerprint density at radius 2 is 1.47 bits per heavy atom. The van der Waals surface area contributed by atoms with Crippen molar-refractivity contribution in [3.63, 3.8) is 0 Å². The van der Waals surface area contributed by atoms with Gasteiger partial charge in [0.05, 0.1) is 11.7 Å². The number of amides is 3. The van der Waals surface area contributed by atoms with E-state index in [2.05, 4.69) is 35.7 Å². The second-order valence-electron chi connectivity index (χ2n) is 12.5. The van der Waals surface area contributed by atoms with Crippen molar-refractivity contribution < 1.29 is 14.4 Å². The van der Waals surface area contributed by atoms with E-state index in [-0.39, 0.29) is 18.4 Å². The van der Waals surface area contributed by atoms with Crippen molar-refractivity contribution in [2.75, 3.05) is 0 Å². The Bertz CT molecular complexity index is 2160. The Hall–Kier alpha value is -5.63. The molecule has 47 heavy (non-hydrogen) atoms. The molecule has 3 N–H and O–H groups in total. The maximum absolute atomic E-state index is 14.1. The lowest BCUT2D eigenvalue weighted by Crippen LogP contribution is -2.52. The van der Waals surface area contributed by atoms with E-state index in [0.717, 1.165) is 49.9 Å². The average molecular weight is 624 g/mol. The Morgan fingerprint density at radius 3 is 2.23 bits per heavy atom. The quantitative estimate of drug-likeness (QED) is 0.167. The van der Waals surface area contributed by atoms with Crippen LogP contribution in [-0.4, -0.2) is 38.2 Å². The van der Waals surface area contributed by atoms with Crippen molar-refractivity contribution in [1.29, 1.82) is 0 Å². The van der Waals surface area contributed by atoms with Gasteiger partial charge in [-0.2, -0.15) is 0 Å². The van der Waals surface area contributed by atoms with E-state index < -0.39 is 18.0 Å². The first-order valence-electron chi connectivity index (χ1n) is 16.0. The predicted molar refractivity (Wildman–Crippen MR) is 185 cm³/mol. The molecular formula is C39H37N5O3. The van der Waals surface area contributed by atoms with Gasteiger partial charge in [0.1, 0.15) is 12.6 Å². The second-order valence-corrected chi connectivity index (χ2v) is 12.5. The van der Waals surface area contributed by atoms with Gasteiger partial charge in [0, 0.05) is 38.6 Å². The Balaban J connectivity index is 1.19. The molecule has 4 aromatic carbocycles. The summed E-state index contributed by atoms with van der Waals surface area (Å²) < 4.78 is 1.98. The van der Waals surface area contributed by atoms with Crippen molar-refractivity contribution in [2.45, 2.75) is 52.2 Å². The molecule has 8 nitrogen and oxygen atoms in total. The normalized spacial score (nSPS) is 15.0. The van der Waals surface area contributed by atoms with Gasteiger partial charge < -0.3 is 14.5 Å². The molecular weight excluding hydrogens is 586 g/mol. The van der Waals surface area contributed by atoms with Gasteiger partial charge in [-0.1, -0.05) is 98.8 Å². The molecule has 0 spiro atoms. The van der Waals surface area contributed by atoms with Crippen LogP contribution in [0.1, 0.15) is 65.5 Å². The summed E-state index contributed by atoms with van der Waals surface area (Å²) in [4.78, 5) is 46.3. The molecule has 2 unspecified atom stereocenters. The molecule has 1 aliphatic heterocycles. The summed E-state index contributed by atoms with van der Waals surface area (Å²) in [6.07, 6.45) is 0. The summed E-state index contributed by atoms with van der Waals surface area (Å²) in [5.74, 6) is -0.790. The number of fused-ring (bicyclic) bond motifs is 3. The molecule has 0 fully saturated rings. The Labute approximate surface area is 273 Å². The van der Waals surface area contributed by atoms with E-state index in [1.165, 1.54) is 5.56 Å². The Morgan fingerprint density at radius 1 is 0.809 bits per heavy atom. The van der Waals surface area contributed by atoms with Crippen molar-refractivity contribution in [3.05, 3.63) is 131 Å². The fraction of sp³-hybridized carbons (Fsp3) is 0.205. The van der Waals surface area contributed by atoms with Gasteiger partial charge in [-0.05, 0) is 54.7 Å². The van der Waals surface area contributed by atoms with Crippen molar-refractivity contribution in [1.82, 2.24) is 25.3 Å². The highest BCUT2D eigenvalue weighted by molar-refractivity contribution is 6.04. The van der Waals surface area contributed by atoms with Crippen LogP contribution < -0.4 is 10.9 Å². The first-order chi connectivity index (χ1) is 22.8. The van der Waals surface area contributed by atoms with Gasteiger partial charge in [0.2, 0.25) is 0 Å². The highest BCUT2D eigenvalue weighted by atomic mass is 16.2. The van der Waals surface area contributed by atoms with E-state index >= 15 is 0 Å². The number of hydrogen-bond acceptors (Lipinski definition) is 3. The largest absolute Gasteiger partial charge is 0.354 e. The zero-order chi connectivity index (χ0) is 32.8. The number of nitrogens with one attached hydrogen (secondary N) is 3. The average Bonchev–Trinajstić information content (AvgIpc) is 3.70. The van der Waals surface area contributed by atoms with Gasteiger partial charge in [-0.25, -0.2) is 0 Å². The maximum atomic E-state index is 14.1. The minimum absolute atomic E-state index is 0.0419. The summed E-state index contributed by atoms with van der Waals surface area (Å²) in [6.45, 7) is 8.05. The lowest BCUT2D eigenvalue weighted by atomic mass is 9.92. The third-order valence-electron chi connectivity index (χ3n) is 9.36. The summed E-state index contributed by atoms with van der Waals surface area (Å²) in [5, 5.41) is 2.10. The molecule has 3 heterocycles. The highest BCUT2D eigenvalue weighted by Crippen LogP contribution is 2.46. The lowest BCUT2D eigenvalue weighted by molar-refractivity contribution is -0.131. The van der Waals surface area contributed by atoms with Crippen LogP contribution in [0.15, 0.2) is 103 Å². The van der Waals surface area contributed by atoms with E-state index in [9.17, 15) is 14.4 Å². The van der Waals surface area contributed by atoms with Crippen molar-refractivity contribution in [3.8, 4) is 11.3 Å². The van der Waals surface area contributed by atoms with E-state index in [4.69, 9.17) is 0 Å². The number of nitrogens with zero attached hydrogens (tertiary/aromatic N) is 2. The smallest absolute Gasteiger partial charge is 0.260 e. The molecule has 0 bridgehead atoms. The number of hydrogen-bond donors (Lipinski definition) is 3. The van der Waals surface area contributed by atoms with Gasteiger partial charge >= 0.3 is 0 Å². The van der Waals surface area contributed by atoms with Crippen molar-refractivity contribution in [2.24, 2.45) is 0 Å². The number of H-pyrrole nitrogens is 1. The molecule has 7 rings (SSSR count). The highest BCUT2D eigenvalue weighted by Gasteiger charge is 2.44. The third kappa shape index (κ3) is 5.06. The van der Waals surface area contributed by atoms with Crippen LogP contribution in [0.3, 0.4) is 0 Å². The van der Waals surface area contributed by atoms with Gasteiger partial charge in [-0.15, -0.1) is 0 Å². The molecule has 8 heteroatoms. The van der Waals surface area contributed by atoms with Crippen LogP contribution in [0.4, 0.5) is 0 Å². The fourth-order valence-corrected chi connectivity index (χ4v) is 7.25. The number of carbonyl (C=O) groups excluding carboxylic acids is 3. The van der Waals surface area contributed by atoms with E-state index in [1.54, 1.807) is 11.8 Å². The van der Waals surface area contributed by atoms with Crippen LogP contribution in [0.5, 0.6) is 0 Å². The van der Waals surface area contributed by atoms with Crippen LogP contribution in [-0.2, 0) is 16.1 Å². The summed E-state index contributed by atoms with van der Waals surface area (Å²) >= 11 is 0. The van der Waals surface area contributed by atoms with E-state index in [0.29, 0.717) is 11.5 Å². The number of para-hydroxylation sites is 2. The topological polar surface area (TPSA) is 99.2 Å². The lowest BCUT2D eigenvalue weighted by Gasteiger charge is -2.31. The number of aromatic nitrogens is 2. The molecule has 236 valence electrons. The summed E-state index contributed by atoms with van der Waals surface area (Å²) in [6, 6.07) is 32.1. The Kier molecular flexibility index (Phi) is 7.64. The first kappa shape index (κ1) is 30.0. The predicted octanol–water partition coefficient (Wildman–Crippen LogP) is 7.00. The summed E-state index contributed by atoms with van der Waals surface area (Å²) in [7, 11) is 0. The number of hydrazine groups is 1. The molecule has 0 saturated carbocycles. The SMILES string of the molecule is Cc1c(C(C)C)c2ccccc2n1CC(=O)NNC(=O)C(C)N1C(=O)c2ccccc2C1c1c(-c2ccccc2)[nH]c2ccccc12. The minimum atomic E-state index is -0.904. The molecule has 3 amide bonds. The van der Waals surface area contributed by atoms with Crippen LogP contribution in [0.25, 0.3) is 33.1 Å². The molecule has 6 aromatic rings. The molecule has 2 aromatic heterocycles. The van der Waals surface area contributed by atoms with Crippen LogP contribution in [0, 0.1) is 6.92 Å². The zero-order valence-corrected chi connectivity index (χ0v) is 26.9. The maximum Gasteiger partial charge on any atom is 0.260 e. The summed E-state index contributed by atoms with van der Waals surface area (Å²) in [5.41, 5.74) is 13.6. The monoisotopic (exact) mass is 623 g/mol.